The molecule has 0 aromatic rings. The molecule has 0 bridgehead atoms. The summed E-state index contributed by atoms with van der Waals surface area (Å²) < 4.78 is 4.83. The van der Waals surface area contributed by atoms with E-state index in [1.807, 2.05) is 13.8 Å². The van der Waals surface area contributed by atoms with Gasteiger partial charge in [0, 0.05) is 18.5 Å². The molecule has 114 valence electrons. The van der Waals surface area contributed by atoms with Gasteiger partial charge in [0.2, 0.25) is 0 Å². The predicted octanol–water partition coefficient (Wildman–Crippen LogP) is 5.68. The largest absolute Gasteiger partial charge is 0.382 e. The van der Waals surface area contributed by atoms with Gasteiger partial charge in [-0.1, -0.05) is 38.5 Å². The Labute approximate surface area is 125 Å². The van der Waals surface area contributed by atoms with E-state index in [1.165, 1.54) is 70.0 Å². The number of thioether (sulfide) groups is 1. The zero-order valence-corrected chi connectivity index (χ0v) is 14.0. The maximum atomic E-state index is 4.83. The molecule has 0 radical (unpaired) electrons. The molecule has 2 fully saturated rings. The summed E-state index contributed by atoms with van der Waals surface area (Å²) in [4.78, 5) is 0. The molecule has 0 spiro atoms. The highest BCUT2D eigenvalue weighted by molar-refractivity contribution is 7.99. The fraction of sp³-hybridized carbons (Fsp3) is 1.00. The minimum atomic E-state index is 0.844. The van der Waals surface area contributed by atoms with Crippen LogP contribution in [0.15, 0.2) is 0 Å². The molecule has 0 aromatic heterocycles. The standard InChI is InChI=1S/C13H24S.C4H10O/c1-2-5-9-12(8-4-1)13-10-6-3-7-11-14-13;1-3-5-4-2/h12-13H,1-11H2;3-4H2,1-2H3. The summed E-state index contributed by atoms with van der Waals surface area (Å²) in [5.41, 5.74) is 0. The zero-order chi connectivity index (χ0) is 13.8. The van der Waals surface area contributed by atoms with Crippen molar-refractivity contribution in [3.05, 3.63) is 0 Å². The molecule has 19 heavy (non-hydrogen) atoms. The van der Waals surface area contributed by atoms with Crippen LogP contribution in [0, 0.1) is 5.92 Å². The normalized spacial score (nSPS) is 25.9. The topological polar surface area (TPSA) is 9.23 Å². The summed E-state index contributed by atoms with van der Waals surface area (Å²) >= 11 is 2.30. The lowest BCUT2D eigenvalue weighted by atomic mass is 9.93. The quantitative estimate of drug-likeness (QED) is 0.618. The summed E-state index contributed by atoms with van der Waals surface area (Å²) in [6.45, 7) is 5.67. The molecule has 1 saturated carbocycles. The molecular weight excluding hydrogens is 252 g/mol. The van der Waals surface area contributed by atoms with Crippen molar-refractivity contribution in [1.82, 2.24) is 0 Å². The van der Waals surface area contributed by atoms with Crippen LogP contribution in [-0.4, -0.2) is 24.2 Å². The Bertz CT molecular complexity index is 160. The Hall–Kier alpha value is 0.310. The van der Waals surface area contributed by atoms with Crippen LogP contribution in [0.4, 0.5) is 0 Å². The van der Waals surface area contributed by atoms with Crippen LogP contribution < -0.4 is 0 Å². The second-order valence-corrected chi connectivity index (χ2v) is 7.14. The van der Waals surface area contributed by atoms with E-state index in [0.717, 1.165) is 24.4 Å². The SMILES string of the molecule is C1CCCC(C2CCCCCS2)CC1.CCOCC. The van der Waals surface area contributed by atoms with Gasteiger partial charge in [0.05, 0.1) is 0 Å². The first-order valence-corrected chi connectivity index (χ1v) is 9.62. The summed E-state index contributed by atoms with van der Waals surface area (Å²) in [6.07, 6.45) is 15.1. The molecule has 0 aromatic carbocycles. The van der Waals surface area contributed by atoms with E-state index in [0.29, 0.717) is 0 Å². The van der Waals surface area contributed by atoms with Crippen LogP contribution >= 0.6 is 11.8 Å². The van der Waals surface area contributed by atoms with Crippen molar-refractivity contribution in [3.8, 4) is 0 Å². The van der Waals surface area contributed by atoms with E-state index >= 15 is 0 Å². The number of rotatable bonds is 3. The lowest BCUT2D eigenvalue weighted by Crippen LogP contribution is -2.16. The van der Waals surface area contributed by atoms with Crippen LogP contribution in [0.5, 0.6) is 0 Å². The number of hydrogen-bond acceptors (Lipinski definition) is 2. The minimum Gasteiger partial charge on any atom is -0.382 e. The van der Waals surface area contributed by atoms with Gasteiger partial charge in [0.15, 0.2) is 0 Å². The highest BCUT2D eigenvalue weighted by Gasteiger charge is 2.23. The first-order valence-electron chi connectivity index (χ1n) is 8.57. The Morgan fingerprint density at radius 1 is 0.789 bits per heavy atom. The van der Waals surface area contributed by atoms with Crippen LogP contribution in [-0.2, 0) is 4.74 Å². The van der Waals surface area contributed by atoms with Gasteiger partial charge in [-0.3, -0.25) is 0 Å². The van der Waals surface area contributed by atoms with Crippen molar-refractivity contribution >= 4 is 11.8 Å². The Kier molecular flexibility index (Phi) is 11.0. The van der Waals surface area contributed by atoms with Gasteiger partial charge in [0.1, 0.15) is 0 Å². The van der Waals surface area contributed by atoms with Gasteiger partial charge >= 0.3 is 0 Å². The first-order chi connectivity index (χ1) is 9.38. The molecule has 0 N–H and O–H groups in total. The fourth-order valence-electron chi connectivity index (χ4n) is 3.20. The lowest BCUT2D eigenvalue weighted by molar-refractivity contribution is 0.162. The first kappa shape index (κ1) is 17.4. The molecule has 1 atom stereocenters. The summed E-state index contributed by atoms with van der Waals surface area (Å²) in [7, 11) is 0. The van der Waals surface area contributed by atoms with E-state index in [-0.39, 0.29) is 0 Å². The van der Waals surface area contributed by atoms with Crippen molar-refractivity contribution in [2.75, 3.05) is 19.0 Å². The second-order valence-electron chi connectivity index (χ2n) is 5.79. The Morgan fingerprint density at radius 3 is 1.95 bits per heavy atom. The lowest BCUT2D eigenvalue weighted by Gasteiger charge is -2.24. The van der Waals surface area contributed by atoms with Crippen molar-refractivity contribution in [2.45, 2.75) is 83.3 Å². The second kappa shape index (κ2) is 12.1. The molecule has 1 unspecified atom stereocenters. The van der Waals surface area contributed by atoms with E-state index in [4.69, 9.17) is 4.74 Å². The molecule has 1 aliphatic heterocycles. The van der Waals surface area contributed by atoms with Gasteiger partial charge in [0.25, 0.3) is 0 Å². The Balaban J connectivity index is 0.000000312. The molecule has 2 rings (SSSR count). The van der Waals surface area contributed by atoms with Gasteiger partial charge in [-0.2, -0.15) is 11.8 Å². The van der Waals surface area contributed by atoms with E-state index in [1.54, 1.807) is 0 Å². The average molecular weight is 287 g/mol. The summed E-state index contributed by atoms with van der Waals surface area (Å²) in [5.74, 6) is 2.53. The predicted molar refractivity (Wildman–Crippen MR) is 88.1 cm³/mol. The monoisotopic (exact) mass is 286 g/mol. The van der Waals surface area contributed by atoms with Crippen molar-refractivity contribution in [3.63, 3.8) is 0 Å². The van der Waals surface area contributed by atoms with Crippen LogP contribution in [0.25, 0.3) is 0 Å². The molecule has 0 amide bonds. The molecular formula is C17H34OS. The highest BCUT2D eigenvalue weighted by Crippen LogP contribution is 2.36. The maximum absolute atomic E-state index is 4.83. The molecule has 1 aliphatic carbocycles. The van der Waals surface area contributed by atoms with E-state index in [9.17, 15) is 0 Å². The summed E-state index contributed by atoms with van der Waals surface area (Å²) in [6, 6.07) is 0. The molecule has 1 nitrogen and oxygen atoms in total. The molecule has 1 heterocycles. The highest BCUT2D eigenvalue weighted by atomic mass is 32.2. The third kappa shape index (κ3) is 8.24. The van der Waals surface area contributed by atoms with Gasteiger partial charge in [-0.25, -0.2) is 0 Å². The molecule has 2 heteroatoms. The number of hydrogen-bond donors (Lipinski definition) is 0. The van der Waals surface area contributed by atoms with Crippen LogP contribution in [0.1, 0.15) is 78.1 Å². The fourth-order valence-corrected chi connectivity index (χ4v) is 4.75. The van der Waals surface area contributed by atoms with Crippen molar-refractivity contribution in [2.24, 2.45) is 5.92 Å². The smallest absolute Gasteiger partial charge is 0.0437 e. The average Bonchev–Trinajstić information content (AvgIpc) is 2.85. The van der Waals surface area contributed by atoms with Gasteiger partial charge in [-0.15, -0.1) is 0 Å². The third-order valence-corrected chi connectivity index (χ3v) is 5.87. The van der Waals surface area contributed by atoms with E-state index < -0.39 is 0 Å². The van der Waals surface area contributed by atoms with Crippen molar-refractivity contribution in [1.29, 1.82) is 0 Å². The van der Waals surface area contributed by atoms with E-state index in [2.05, 4.69) is 11.8 Å². The zero-order valence-electron chi connectivity index (χ0n) is 13.2. The third-order valence-electron chi connectivity index (χ3n) is 4.30. The van der Waals surface area contributed by atoms with Gasteiger partial charge in [-0.05, 0) is 51.2 Å². The maximum Gasteiger partial charge on any atom is 0.0437 e. The van der Waals surface area contributed by atoms with Crippen LogP contribution in [0.3, 0.4) is 0 Å². The molecule has 2 aliphatic rings. The minimum absolute atomic E-state index is 0.844. The number of ether oxygens (including phenoxy) is 1. The molecule has 1 saturated heterocycles. The Morgan fingerprint density at radius 2 is 1.37 bits per heavy atom. The van der Waals surface area contributed by atoms with Gasteiger partial charge < -0.3 is 4.74 Å². The summed E-state index contributed by atoms with van der Waals surface area (Å²) in [5, 5.41) is 1.04. The van der Waals surface area contributed by atoms with Crippen LogP contribution in [0.2, 0.25) is 0 Å². The van der Waals surface area contributed by atoms with Crippen molar-refractivity contribution < 1.29 is 4.74 Å².